The Hall–Kier alpha value is -1.23. The molecule has 1 aromatic rings. The van der Waals surface area contributed by atoms with Crippen LogP contribution in [0.5, 0.6) is 5.75 Å². The molecule has 0 heterocycles. The zero-order valence-corrected chi connectivity index (χ0v) is 9.97. The number of methoxy groups -OCH3 is 1. The number of alkyl halides is 3. The van der Waals surface area contributed by atoms with Gasteiger partial charge >= 0.3 is 6.18 Å². The monoisotopic (exact) mass is 248 g/mol. The van der Waals surface area contributed by atoms with Crippen molar-refractivity contribution >= 4 is 0 Å². The second-order valence-corrected chi connectivity index (χ2v) is 3.88. The van der Waals surface area contributed by atoms with Crippen LogP contribution in [0.3, 0.4) is 0 Å². The minimum atomic E-state index is -4.41. The molecule has 0 saturated heterocycles. The Morgan fingerprint density at radius 2 is 1.94 bits per heavy atom. The summed E-state index contributed by atoms with van der Waals surface area (Å²) in [6.07, 6.45) is -4.84. The van der Waals surface area contributed by atoms with Crippen LogP contribution in [-0.2, 0) is 10.9 Å². The average Bonchev–Trinajstić information content (AvgIpc) is 2.19. The summed E-state index contributed by atoms with van der Waals surface area (Å²) in [6, 6.07) is 4.00. The van der Waals surface area contributed by atoms with Crippen LogP contribution < -0.4 is 4.74 Å². The predicted octanol–water partition coefficient (Wildman–Crippen LogP) is 3.43. The van der Waals surface area contributed by atoms with Crippen molar-refractivity contribution in [2.24, 2.45) is 0 Å². The Bertz CT molecular complexity index is 375. The molecule has 1 rings (SSSR count). The lowest BCUT2D eigenvalue weighted by Gasteiger charge is -2.18. The quantitative estimate of drug-likeness (QED) is 0.812. The summed E-state index contributed by atoms with van der Waals surface area (Å²) in [7, 11) is 1.47. The maximum absolute atomic E-state index is 12.8. The molecule has 0 bridgehead atoms. The first kappa shape index (κ1) is 13.8. The molecule has 0 aliphatic heterocycles. The molecule has 0 fully saturated rings. The van der Waals surface area contributed by atoms with Crippen LogP contribution >= 0.6 is 0 Å². The minimum Gasteiger partial charge on any atom is -0.488 e. The van der Waals surface area contributed by atoms with Gasteiger partial charge in [-0.2, -0.15) is 13.2 Å². The van der Waals surface area contributed by atoms with E-state index in [4.69, 9.17) is 9.47 Å². The first-order valence-electron chi connectivity index (χ1n) is 5.18. The predicted molar refractivity (Wildman–Crippen MR) is 58.1 cm³/mol. The molecule has 0 aliphatic carbocycles. The second kappa shape index (κ2) is 5.40. The summed E-state index contributed by atoms with van der Waals surface area (Å²) in [6.45, 7) is 3.51. The van der Waals surface area contributed by atoms with Crippen LogP contribution in [-0.4, -0.2) is 19.8 Å². The number of hydrogen-bond donors (Lipinski definition) is 0. The van der Waals surface area contributed by atoms with E-state index in [1.165, 1.54) is 13.2 Å². The van der Waals surface area contributed by atoms with Gasteiger partial charge in [0.2, 0.25) is 0 Å². The van der Waals surface area contributed by atoms with Crippen LogP contribution in [0.1, 0.15) is 18.1 Å². The molecule has 17 heavy (non-hydrogen) atoms. The highest BCUT2D eigenvalue weighted by Crippen LogP contribution is 2.37. The zero-order chi connectivity index (χ0) is 13.1. The third-order valence-corrected chi connectivity index (χ3v) is 2.17. The van der Waals surface area contributed by atoms with Crippen LogP contribution in [0, 0.1) is 6.92 Å². The fourth-order valence-electron chi connectivity index (χ4n) is 1.45. The van der Waals surface area contributed by atoms with Gasteiger partial charge in [0.15, 0.2) is 0 Å². The van der Waals surface area contributed by atoms with E-state index in [0.29, 0.717) is 5.56 Å². The van der Waals surface area contributed by atoms with E-state index in [2.05, 4.69) is 0 Å². The summed E-state index contributed by atoms with van der Waals surface area (Å²) in [5, 5.41) is 0. The fraction of sp³-hybridized carbons (Fsp3) is 0.500. The van der Waals surface area contributed by atoms with Gasteiger partial charge in [-0.25, -0.2) is 0 Å². The molecule has 0 aliphatic rings. The van der Waals surface area contributed by atoms with Crippen molar-refractivity contribution in [2.45, 2.75) is 26.1 Å². The molecular weight excluding hydrogens is 233 g/mol. The Morgan fingerprint density at radius 1 is 1.29 bits per heavy atom. The molecule has 1 atom stereocenters. The normalized spacial score (nSPS) is 13.5. The smallest absolute Gasteiger partial charge is 0.419 e. The number of halogens is 3. The Kier molecular flexibility index (Phi) is 4.40. The molecule has 1 aromatic carbocycles. The van der Waals surface area contributed by atoms with Gasteiger partial charge in [0, 0.05) is 7.11 Å². The molecule has 0 amide bonds. The molecule has 0 spiro atoms. The Balaban J connectivity index is 2.99. The van der Waals surface area contributed by atoms with Crippen LogP contribution in [0.4, 0.5) is 13.2 Å². The van der Waals surface area contributed by atoms with Crippen LogP contribution in [0.25, 0.3) is 0 Å². The molecule has 96 valence electrons. The summed E-state index contributed by atoms with van der Waals surface area (Å²) >= 11 is 0. The third kappa shape index (κ3) is 3.93. The molecular formula is C12H15F3O2. The van der Waals surface area contributed by atoms with Gasteiger partial charge in [0.25, 0.3) is 0 Å². The van der Waals surface area contributed by atoms with Gasteiger partial charge in [0.05, 0.1) is 12.2 Å². The van der Waals surface area contributed by atoms with E-state index in [-0.39, 0.29) is 12.4 Å². The lowest BCUT2D eigenvalue weighted by atomic mass is 10.1. The van der Waals surface area contributed by atoms with E-state index < -0.39 is 17.8 Å². The van der Waals surface area contributed by atoms with Crippen molar-refractivity contribution in [2.75, 3.05) is 13.7 Å². The lowest BCUT2D eigenvalue weighted by molar-refractivity contribution is -0.139. The Labute approximate surface area is 98.3 Å². The van der Waals surface area contributed by atoms with E-state index in [1.54, 1.807) is 19.9 Å². The molecule has 0 radical (unpaired) electrons. The van der Waals surface area contributed by atoms with Gasteiger partial charge in [-0.3, -0.25) is 0 Å². The van der Waals surface area contributed by atoms with E-state index in [1.807, 2.05) is 0 Å². The van der Waals surface area contributed by atoms with Crippen LogP contribution in [0.2, 0.25) is 0 Å². The SMILES string of the molecule is COCC(C)Oc1ccc(C)cc1C(F)(F)F. The van der Waals surface area contributed by atoms with Crippen LogP contribution in [0.15, 0.2) is 18.2 Å². The maximum Gasteiger partial charge on any atom is 0.419 e. The topological polar surface area (TPSA) is 18.5 Å². The van der Waals surface area contributed by atoms with Gasteiger partial charge in [-0.15, -0.1) is 0 Å². The molecule has 5 heteroatoms. The highest BCUT2D eigenvalue weighted by Gasteiger charge is 2.34. The first-order valence-corrected chi connectivity index (χ1v) is 5.18. The third-order valence-electron chi connectivity index (χ3n) is 2.17. The number of rotatable bonds is 4. The maximum atomic E-state index is 12.8. The summed E-state index contributed by atoms with van der Waals surface area (Å²) in [5.41, 5.74) is -0.204. The van der Waals surface area contributed by atoms with Crippen molar-refractivity contribution < 1.29 is 22.6 Å². The largest absolute Gasteiger partial charge is 0.488 e. The molecule has 0 N–H and O–H groups in total. The van der Waals surface area contributed by atoms with E-state index in [0.717, 1.165) is 6.07 Å². The van der Waals surface area contributed by atoms with Gasteiger partial charge in [-0.05, 0) is 26.0 Å². The van der Waals surface area contributed by atoms with E-state index >= 15 is 0 Å². The number of aryl methyl sites for hydroxylation is 1. The number of benzene rings is 1. The first-order chi connectivity index (χ1) is 7.84. The zero-order valence-electron chi connectivity index (χ0n) is 9.97. The standard InChI is InChI=1S/C12H15F3O2/c1-8-4-5-11(17-9(2)7-16-3)10(6-8)12(13,14)15/h4-6,9H,7H2,1-3H3. The van der Waals surface area contributed by atoms with E-state index in [9.17, 15) is 13.2 Å². The highest BCUT2D eigenvalue weighted by molar-refractivity contribution is 5.39. The molecule has 0 aromatic heterocycles. The summed E-state index contributed by atoms with van der Waals surface area (Å²) < 4.78 is 48.3. The fourth-order valence-corrected chi connectivity index (χ4v) is 1.45. The lowest BCUT2D eigenvalue weighted by Crippen LogP contribution is -2.20. The average molecular weight is 248 g/mol. The van der Waals surface area contributed by atoms with Crippen molar-refractivity contribution in [3.63, 3.8) is 0 Å². The second-order valence-electron chi connectivity index (χ2n) is 3.88. The molecule has 1 unspecified atom stereocenters. The van der Waals surface area contributed by atoms with Crippen molar-refractivity contribution in [3.8, 4) is 5.75 Å². The summed E-state index contributed by atoms with van der Waals surface area (Å²) in [4.78, 5) is 0. The van der Waals surface area contributed by atoms with Gasteiger partial charge in [-0.1, -0.05) is 11.6 Å². The van der Waals surface area contributed by atoms with Crippen molar-refractivity contribution in [3.05, 3.63) is 29.3 Å². The highest BCUT2D eigenvalue weighted by atomic mass is 19.4. The number of ether oxygens (including phenoxy) is 2. The van der Waals surface area contributed by atoms with Crippen molar-refractivity contribution in [1.82, 2.24) is 0 Å². The Morgan fingerprint density at radius 3 is 2.47 bits per heavy atom. The summed E-state index contributed by atoms with van der Waals surface area (Å²) in [5.74, 6) is -0.160. The minimum absolute atomic E-state index is 0.160. The van der Waals surface area contributed by atoms with Gasteiger partial charge in [0.1, 0.15) is 11.9 Å². The van der Waals surface area contributed by atoms with Crippen molar-refractivity contribution in [1.29, 1.82) is 0 Å². The molecule has 0 saturated carbocycles. The van der Waals surface area contributed by atoms with Gasteiger partial charge < -0.3 is 9.47 Å². The molecule has 2 nitrogen and oxygen atoms in total. The number of hydrogen-bond acceptors (Lipinski definition) is 2.